The SMILES string of the molecule is Cc1ccc2nc(-c3ccc(NC(=O)C(F)(F)C(F)(F)C(F)(F)F)cc3)sc2c1. The molecule has 3 nitrogen and oxygen atoms in total. The molecule has 0 aliphatic rings. The third-order valence-corrected chi connectivity index (χ3v) is 5.04. The van der Waals surface area contributed by atoms with E-state index in [1.807, 2.05) is 25.1 Å². The summed E-state index contributed by atoms with van der Waals surface area (Å²) in [5.41, 5.74) is 1.95. The maximum absolute atomic E-state index is 13.4. The van der Waals surface area contributed by atoms with Gasteiger partial charge in [0.05, 0.1) is 10.2 Å². The van der Waals surface area contributed by atoms with Gasteiger partial charge in [-0.3, -0.25) is 4.79 Å². The Morgan fingerprint density at radius 2 is 1.59 bits per heavy atom. The summed E-state index contributed by atoms with van der Waals surface area (Å²) in [5, 5.41) is 1.97. The van der Waals surface area contributed by atoms with Gasteiger partial charge < -0.3 is 5.32 Å². The molecule has 1 amide bonds. The number of nitrogens with zero attached hydrogens (tertiary/aromatic N) is 1. The van der Waals surface area contributed by atoms with E-state index >= 15 is 0 Å². The highest BCUT2D eigenvalue weighted by Crippen LogP contribution is 2.47. The van der Waals surface area contributed by atoms with E-state index in [2.05, 4.69) is 4.98 Å². The van der Waals surface area contributed by atoms with Gasteiger partial charge in [0.15, 0.2) is 0 Å². The van der Waals surface area contributed by atoms with Crippen LogP contribution in [0, 0.1) is 6.92 Å². The summed E-state index contributed by atoms with van der Waals surface area (Å²) in [6.45, 7) is 1.91. The van der Waals surface area contributed by atoms with Crippen LogP contribution in [0.5, 0.6) is 0 Å². The van der Waals surface area contributed by atoms with Crippen LogP contribution in [0.25, 0.3) is 20.8 Å². The van der Waals surface area contributed by atoms with E-state index in [4.69, 9.17) is 0 Å². The van der Waals surface area contributed by atoms with Crippen molar-refractivity contribution in [2.75, 3.05) is 5.32 Å². The number of amides is 1. The Morgan fingerprint density at radius 3 is 2.17 bits per heavy atom. The molecule has 0 atom stereocenters. The van der Waals surface area contributed by atoms with Crippen molar-refractivity contribution < 1.29 is 35.5 Å². The highest BCUT2D eigenvalue weighted by Gasteiger charge is 2.76. The van der Waals surface area contributed by atoms with Crippen LogP contribution in [0.2, 0.25) is 0 Å². The third kappa shape index (κ3) is 3.78. The van der Waals surface area contributed by atoms with E-state index in [1.54, 1.807) is 0 Å². The predicted octanol–water partition coefficient (Wildman–Crippen LogP) is 6.04. The smallest absolute Gasteiger partial charge is 0.321 e. The first-order valence-electron chi connectivity index (χ1n) is 7.94. The van der Waals surface area contributed by atoms with Crippen LogP contribution in [0.3, 0.4) is 0 Å². The maximum Gasteiger partial charge on any atom is 0.460 e. The van der Waals surface area contributed by atoms with Crippen molar-refractivity contribution in [1.82, 2.24) is 4.98 Å². The fourth-order valence-corrected chi connectivity index (χ4v) is 3.45. The normalized spacial score (nSPS) is 13.0. The number of rotatable bonds is 4. The lowest BCUT2D eigenvalue weighted by atomic mass is 10.1. The van der Waals surface area contributed by atoms with Crippen LogP contribution >= 0.6 is 11.3 Å². The second-order valence-corrected chi connectivity index (χ2v) is 7.20. The second-order valence-electron chi connectivity index (χ2n) is 6.17. The summed E-state index contributed by atoms with van der Waals surface area (Å²) in [4.78, 5) is 15.8. The predicted molar refractivity (Wildman–Crippen MR) is 94.4 cm³/mol. The number of aryl methyl sites for hydroxylation is 1. The molecule has 29 heavy (non-hydrogen) atoms. The summed E-state index contributed by atoms with van der Waals surface area (Å²) in [5.74, 6) is -15.2. The number of fused-ring (bicyclic) bond motifs is 1. The summed E-state index contributed by atoms with van der Waals surface area (Å²) in [6, 6.07) is 10.6. The maximum atomic E-state index is 13.4. The zero-order chi connectivity index (χ0) is 21.6. The van der Waals surface area contributed by atoms with Crippen molar-refractivity contribution in [2.45, 2.75) is 24.9 Å². The lowest BCUT2D eigenvalue weighted by Gasteiger charge is -2.27. The standard InChI is InChI=1S/C18H11F7N2OS/c1-9-2-7-12-13(8-9)29-14(27-12)10-3-5-11(6-4-10)26-15(28)16(19,20)17(21,22)18(23,24)25/h2-8H,1H3,(H,26,28). The highest BCUT2D eigenvalue weighted by atomic mass is 32.1. The average molecular weight is 436 g/mol. The quantitative estimate of drug-likeness (QED) is 0.507. The molecular formula is C18H11F7N2OS. The van der Waals surface area contributed by atoms with Crippen molar-refractivity contribution in [3.8, 4) is 10.6 Å². The fourth-order valence-electron chi connectivity index (χ4n) is 2.38. The van der Waals surface area contributed by atoms with Crippen molar-refractivity contribution in [3.05, 3.63) is 48.0 Å². The molecule has 0 fully saturated rings. The molecule has 0 saturated carbocycles. The number of anilines is 1. The van der Waals surface area contributed by atoms with Gasteiger partial charge >= 0.3 is 23.9 Å². The summed E-state index contributed by atoms with van der Waals surface area (Å²) in [7, 11) is 0. The number of hydrogen-bond donors (Lipinski definition) is 1. The molecule has 0 bridgehead atoms. The van der Waals surface area contributed by atoms with Gasteiger partial charge in [-0.15, -0.1) is 11.3 Å². The van der Waals surface area contributed by atoms with Gasteiger partial charge in [0.2, 0.25) is 0 Å². The summed E-state index contributed by atoms with van der Waals surface area (Å²) < 4.78 is 90.0. The number of carbonyl (C=O) groups excluding carboxylic acids is 1. The van der Waals surface area contributed by atoms with Crippen LogP contribution in [-0.4, -0.2) is 28.9 Å². The average Bonchev–Trinajstić information content (AvgIpc) is 3.04. The molecule has 1 heterocycles. The minimum atomic E-state index is -6.58. The minimum Gasteiger partial charge on any atom is -0.321 e. The van der Waals surface area contributed by atoms with Crippen molar-refractivity contribution >= 4 is 33.1 Å². The topological polar surface area (TPSA) is 42.0 Å². The van der Waals surface area contributed by atoms with Crippen molar-refractivity contribution in [2.24, 2.45) is 0 Å². The van der Waals surface area contributed by atoms with E-state index in [0.717, 1.165) is 27.9 Å². The molecule has 0 saturated heterocycles. The molecule has 0 aliphatic carbocycles. The highest BCUT2D eigenvalue weighted by molar-refractivity contribution is 7.21. The van der Waals surface area contributed by atoms with Crippen molar-refractivity contribution in [3.63, 3.8) is 0 Å². The zero-order valence-corrected chi connectivity index (χ0v) is 15.3. The van der Waals surface area contributed by atoms with Crippen LogP contribution in [0.1, 0.15) is 5.56 Å². The first kappa shape index (κ1) is 21.0. The lowest BCUT2D eigenvalue weighted by Crippen LogP contribution is -2.57. The van der Waals surface area contributed by atoms with Gasteiger partial charge in [0.1, 0.15) is 5.01 Å². The molecule has 11 heteroatoms. The molecule has 2 aromatic carbocycles. The number of nitrogens with one attached hydrogen (secondary N) is 1. The Kier molecular flexibility index (Phi) is 5.06. The molecule has 154 valence electrons. The monoisotopic (exact) mass is 436 g/mol. The van der Waals surface area contributed by atoms with Gasteiger partial charge in [-0.25, -0.2) is 4.98 Å². The summed E-state index contributed by atoms with van der Waals surface area (Å²) >= 11 is 1.35. The molecule has 0 radical (unpaired) electrons. The summed E-state index contributed by atoms with van der Waals surface area (Å²) in [6.07, 6.45) is -6.58. The minimum absolute atomic E-state index is 0.367. The van der Waals surface area contributed by atoms with Gasteiger partial charge in [-0.2, -0.15) is 30.7 Å². The second kappa shape index (κ2) is 6.97. The Labute approximate surface area is 163 Å². The van der Waals surface area contributed by atoms with Crippen molar-refractivity contribution in [1.29, 1.82) is 0 Å². The van der Waals surface area contributed by atoms with Gasteiger partial charge in [0.25, 0.3) is 0 Å². The Bertz CT molecular complexity index is 1060. The number of alkyl halides is 7. The lowest BCUT2D eigenvalue weighted by molar-refractivity contribution is -0.343. The van der Waals surface area contributed by atoms with Crippen LogP contribution in [-0.2, 0) is 4.79 Å². The van der Waals surface area contributed by atoms with E-state index in [9.17, 15) is 35.5 Å². The fraction of sp³-hybridized carbons (Fsp3) is 0.222. The molecule has 0 aliphatic heterocycles. The first-order chi connectivity index (χ1) is 13.3. The molecule has 3 rings (SSSR count). The van der Waals surface area contributed by atoms with Gasteiger partial charge in [-0.1, -0.05) is 6.07 Å². The number of halogens is 7. The molecule has 1 aromatic heterocycles. The van der Waals surface area contributed by atoms with Crippen LogP contribution in [0.15, 0.2) is 42.5 Å². The molecule has 3 aromatic rings. The molecule has 0 unspecified atom stereocenters. The van der Waals surface area contributed by atoms with Crippen LogP contribution in [0.4, 0.5) is 36.4 Å². The number of benzene rings is 2. The number of thiazole rings is 1. The Morgan fingerprint density at radius 1 is 0.966 bits per heavy atom. The van der Waals surface area contributed by atoms with E-state index in [0.29, 0.717) is 10.6 Å². The molecule has 1 N–H and O–H groups in total. The zero-order valence-electron chi connectivity index (χ0n) is 14.5. The van der Waals surface area contributed by atoms with Gasteiger partial charge in [0, 0.05) is 11.3 Å². The first-order valence-corrected chi connectivity index (χ1v) is 8.76. The van der Waals surface area contributed by atoms with E-state index in [1.165, 1.54) is 28.8 Å². The number of hydrogen-bond acceptors (Lipinski definition) is 3. The number of carbonyl (C=O) groups is 1. The van der Waals surface area contributed by atoms with E-state index in [-0.39, 0.29) is 5.69 Å². The third-order valence-electron chi connectivity index (χ3n) is 3.97. The molecular weight excluding hydrogens is 425 g/mol. The largest absolute Gasteiger partial charge is 0.460 e. The van der Waals surface area contributed by atoms with E-state index < -0.39 is 23.9 Å². The van der Waals surface area contributed by atoms with Gasteiger partial charge in [-0.05, 0) is 48.9 Å². The van der Waals surface area contributed by atoms with Crippen LogP contribution < -0.4 is 5.32 Å². The number of aromatic nitrogens is 1. The Balaban J connectivity index is 1.80. The Hall–Kier alpha value is -2.69. The molecule has 0 spiro atoms.